The predicted molar refractivity (Wildman–Crippen MR) is 97.8 cm³/mol. The molecule has 4 rings (SSSR count). The first-order valence-electron chi connectivity index (χ1n) is 8.26. The topological polar surface area (TPSA) is 59.8 Å². The molecule has 2 atom stereocenters. The summed E-state index contributed by atoms with van der Waals surface area (Å²) in [6, 6.07) is 8.94. The van der Waals surface area contributed by atoms with E-state index in [1.54, 1.807) is 24.3 Å². The van der Waals surface area contributed by atoms with Gasteiger partial charge in [0.05, 0.1) is 5.69 Å². The first kappa shape index (κ1) is 15.4. The van der Waals surface area contributed by atoms with Crippen LogP contribution in [0.25, 0.3) is 5.69 Å². The molecule has 0 aliphatic heterocycles. The lowest BCUT2D eigenvalue weighted by molar-refractivity contribution is 0.231. The molecule has 5 heteroatoms. The number of aromatic nitrogens is 3. The number of aromatic amines is 1. The Labute approximate surface area is 144 Å². The molecule has 2 aromatic rings. The highest BCUT2D eigenvalue weighted by Gasteiger charge is 2.50. The second kappa shape index (κ2) is 5.48. The maximum absolute atomic E-state index is 13.2. The summed E-state index contributed by atoms with van der Waals surface area (Å²) in [5, 5.41) is 2.77. The van der Waals surface area contributed by atoms with Crippen LogP contribution in [0.15, 0.2) is 88.5 Å². The molecule has 5 nitrogen and oxygen atoms in total. The highest BCUT2D eigenvalue weighted by atomic mass is 16.2. The van der Waals surface area contributed by atoms with Crippen molar-refractivity contribution in [3.8, 4) is 5.69 Å². The summed E-state index contributed by atoms with van der Waals surface area (Å²) in [4.78, 5) is 25.8. The Hall–Kier alpha value is -3.08. The van der Waals surface area contributed by atoms with Crippen molar-refractivity contribution >= 4 is 0 Å². The molecule has 2 aliphatic carbocycles. The summed E-state index contributed by atoms with van der Waals surface area (Å²) in [7, 11) is 0. The van der Waals surface area contributed by atoms with E-state index in [2.05, 4.69) is 23.8 Å². The largest absolute Gasteiger partial charge is 0.352 e. The van der Waals surface area contributed by atoms with Gasteiger partial charge in [-0.15, -0.1) is 0 Å². The number of allylic oxidation sites excluding steroid dienone is 7. The summed E-state index contributed by atoms with van der Waals surface area (Å²) in [5.74, 6) is -0.102. The molecule has 0 spiro atoms. The molecule has 2 unspecified atom stereocenters. The fraction of sp³-hybridized carbons (Fsp3) is 0.200. The normalized spacial score (nSPS) is 26.8. The zero-order valence-electron chi connectivity index (χ0n) is 13.9. The Bertz CT molecular complexity index is 1010. The number of hydrogen-bond donors (Lipinski definition) is 1. The molecule has 0 amide bonds. The standard InChI is InChI=1S/C20H19N3O2/c1-14(2)20(15-8-6-7-9-16(20)13-12-15)23-19(25)22(18(24)21-23)17-10-4-3-5-11-17/h3-13,15-16H,1H2,2H3,(H,21,24). The number of fused-ring (bicyclic) bond motifs is 2. The first-order valence-corrected chi connectivity index (χ1v) is 8.26. The molecule has 0 saturated carbocycles. The van der Waals surface area contributed by atoms with Gasteiger partial charge in [0.15, 0.2) is 0 Å². The minimum absolute atomic E-state index is 0.0510. The van der Waals surface area contributed by atoms with E-state index < -0.39 is 11.2 Å². The molecule has 25 heavy (non-hydrogen) atoms. The Morgan fingerprint density at radius 3 is 2.20 bits per heavy atom. The summed E-state index contributed by atoms with van der Waals surface area (Å²) < 4.78 is 2.63. The molecular weight excluding hydrogens is 314 g/mol. The third-order valence-corrected chi connectivity index (χ3v) is 5.15. The van der Waals surface area contributed by atoms with Crippen molar-refractivity contribution in [1.29, 1.82) is 0 Å². The number of benzene rings is 1. The van der Waals surface area contributed by atoms with Gasteiger partial charge in [0, 0.05) is 11.8 Å². The first-order chi connectivity index (χ1) is 12.1. The molecule has 1 heterocycles. The van der Waals surface area contributed by atoms with Gasteiger partial charge in [-0.05, 0) is 19.1 Å². The van der Waals surface area contributed by atoms with E-state index >= 15 is 0 Å². The van der Waals surface area contributed by atoms with Crippen LogP contribution >= 0.6 is 0 Å². The molecule has 1 aromatic heterocycles. The second-order valence-corrected chi connectivity index (χ2v) is 6.52. The highest BCUT2D eigenvalue weighted by molar-refractivity contribution is 5.38. The van der Waals surface area contributed by atoms with Crippen LogP contribution in [-0.2, 0) is 5.54 Å². The average Bonchev–Trinajstić information content (AvgIpc) is 3.00. The smallest absolute Gasteiger partial charge is 0.246 e. The molecular formula is C20H19N3O2. The van der Waals surface area contributed by atoms with E-state index in [1.807, 2.05) is 37.3 Å². The zero-order chi connectivity index (χ0) is 17.6. The van der Waals surface area contributed by atoms with Gasteiger partial charge < -0.3 is 0 Å². The van der Waals surface area contributed by atoms with Crippen molar-refractivity contribution in [2.75, 3.05) is 0 Å². The lowest BCUT2D eigenvalue weighted by Gasteiger charge is -2.38. The van der Waals surface area contributed by atoms with Gasteiger partial charge in [-0.3, -0.25) is 0 Å². The van der Waals surface area contributed by atoms with Crippen molar-refractivity contribution < 1.29 is 0 Å². The highest BCUT2D eigenvalue weighted by Crippen LogP contribution is 2.47. The minimum atomic E-state index is -0.736. The van der Waals surface area contributed by atoms with Crippen molar-refractivity contribution in [3.05, 3.63) is 99.9 Å². The van der Waals surface area contributed by atoms with Gasteiger partial charge >= 0.3 is 11.4 Å². The Balaban J connectivity index is 2.00. The lowest BCUT2D eigenvalue weighted by Crippen LogP contribution is -2.49. The molecule has 0 saturated heterocycles. The van der Waals surface area contributed by atoms with E-state index in [0.717, 1.165) is 5.57 Å². The van der Waals surface area contributed by atoms with E-state index in [-0.39, 0.29) is 17.5 Å². The Kier molecular flexibility index (Phi) is 3.39. The van der Waals surface area contributed by atoms with Gasteiger partial charge in [0.2, 0.25) is 0 Å². The monoisotopic (exact) mass is 333 g/mol. The summed E-state index contributed by atoms with van der Waals surface area (Å²) >= 11 is 0. The average molecular weight is 333 g/mol. The molecule has 1 aromatic carbocycles. The quantitative estimate of drug-likeness (QED) is 0.878. The van der Waals surface area contributed by atoms with Crippen molar-refractivity contribution in [1.82, 2.24) is 14.3 Å². The van der Waals surface area contributed by atoms with E-state index in [9.17, 15) is 9.59 Å². The maximum atomic E-state index is 13.2. The molecule has 1 N–H and O–H groups in total. The zero-order valence-corrected chi connectivity index (χ0v) is 13.9. The number of nitrogens with one attached hydrogen (secondary N) is 1. The van der Waals surface area contributed by atoms with Gasteiger partial charge in [-0.1, -0.05) is 66.8 Å². The van der Waals surface area contributed by atoms with E-state index in [4.69, 9.17) is 0 Å². The van der Waals surface area contributed by atoms with Gasteiger partial charge in [0.25, 0.3) is 0 Å². The molecule has 0 fully saturated rings. The van der Waals surface area contributed by atoms with Crippen molar-refractivity contribution in [2.24, 2.45) is 11.8 Å². The fourth-order valence-corrected chi connectivity index (χ4v) is 4.04. The van der Waals surface area contributed by atoms with Crippen LogP contribution < -0.4 is 11.4 Å². The van der Waals surface area contributed by atoms with Crippen molar-refractivity contribution in [2.45, 2.75) is 12.5 Å². The van der Waals surface area contributed by atoms with Crippen LogP contribution in [0.5, 0.6) is 0 Å². The van der Waals surface area contributed by atoms with Crippen LogP contribution in [0.3, 0.4) is 0 Å². The maximum Gasteiger partial charge on any atom is 0.352 e. The molecule has 126 valence electrons. The van der Waals surface area contributed by atoms with Crippen LogP contribution in [0, 0.1) is 11.8 Å². The predicted octanol–water partition coefficient (Wildman–Crippen LogP) is 2.53. The lowest BCUT2D eigenvalue weighted by atomic mass is 9.75. The number of H-pyrrole nitrogens is 1. The van der Waals surface area contributed by atoms with E-state index in [0.29, 0.717) is 5.69 Å². The van der Waals surface area contributed by atoms with Crippen molar-refractivity contribution in [3.63, 3.8) is 0 Å². The van der Waals surface area contributed by atoms with Crippen LogP contribution in [-0.4, -0.2) is 14.3 Å². The van der Waals surface area contributed by atoms with Crippen LogP contribution in [0.1, 0.15) is 6.92 Å². The summed E-state index contributed by atoms with van der Waals surface area (Å²) in [5.41, 5.74) is -0.202. The Morgan fingerprint density at radius 1 is 1.04 bits per heavy atom. The fourth-order valence-electron chi connectivity index (χ4n) is 4.04. The molecule has 2 aliphatic rings. The van der Waals surface area contributed by atoms with Crippen LogP contribution in [0.4, 0.5) is 0 Å². The SMILES string of the molecule is C=C(C)C1(n2[nH]c(=O)n(-c3ccccc3)c2=O)C2C=CC=CC1C=C2. The number of para-hydroxylation sites is 1. The summed E-state index contributed by atoms with van der Waals surface area (Å²) in [6.45, 7) is 6.07. The minimum Gasteiger partial charge on any atom is -0.246 e. The number of nitrogens with zero attached hydrogens (tertiary/aromatic N) is 2. The number of rotatable bonds is 3. The third kappa shape index (κ3) is 2.02. The van der Waals surface area contributed by atoms with E-state index in [1.165, 1.54) is 9.25 Å². The second-order valence-electron chi connectivity index (χ2n) is 6.52. The van der Waals surface area contributed by atoms with Gasteiger partial charge in [-0.2, -0.15) is 0 Å². The van der Waals surface area contributed by atoms with Crippen LogP contribution in [0.2, 0.25) is 0 Å². The molecule has 0 radical (unpaired) electrons. The van der Waals surface area contributed by atoms with Gasteiger partial charge in [0.1, 0.15) is 5.54 Å². The summed E-state index contributed by atoms with van der Waals surface area (Å²) in [6.07, 6.45) is 12.2. The number of hydrogen-bond acceptors (Lipinski definition) is 2. The Morgan fingerprint density at radius 2 is 1.64 bits per heavy atom. The molecule has 2 bridgehead atoms. The third-order valence-electron chi connectivity index (χ3n) is 5.15. The van der Waals surface area contributed by atoms with Gasteiger partial charge in [-0.25, -0.2) is 23.9 Å².